The molecule has 2 heteroatoms. The van der Waals surface area contributed by atoms with E-state index in [1.54, 1.807) is 0 Å². The fraction of sp³-hybridized carbons (Fsp3) is 0.211. The zero-order valence-electron chi connectivity index (χ0n) is 24.1. The molecule has 0 spiro atoms. The van der Waals surface area contributed by atoms with E-state index in [0.29, 0.717) is 0 Å². The lowest BCUT2D eigenvalue weighted by atomic mass is 9.85. The molecule has 0 aromatic heterocycles. The quantitative estimate of drug-likeness (QED) is 0.152. The predicted octanol–water partition coefficient (Wildman–Crippen LogP) is 8.37. The van der Waals surface area contributed by atoms with Gasteiger partial charge in [0.2, 0.25) is 0 Å². The van der Waals surface area contributed by atoms with Crippen LogP contribution in [0, 0.1) is 24.2 Å². The highest BCUT2D eigenvalue weighted by atomic mass is 15.1. The van der Waals surface area contributed by atoms with Gasteiger partial charge in [-0.1, -0.05) is 72.7 Å². The van der Waals surface area contributed by atoms with Crippen molar-refractivity contribution in [2.45, 2.75) is 27.7 Å². The van der Waals surface area contributed by atoms with Crippen molar-refractivity contribution in [2.75, 3.05) is 36.0 Å². The summed E-state index contributed by atoms with van der Waals surface area (Å²) in [5.41, 5.74) is 10.4. The molecular formula is C38H38N2. The molecule has 0 aliphatic carbocycles. The van der Waals surface area contributed by atoms with Crippen molar-refractivity contribution in [3.63, 3.8) is 0 Å². The third-order valence-electron chi connectivity index (χ3n) is 7.33. The Morgan fingerprint density at radius 1 is 0.525 bits per heavy atom. The van der Waals surface area contributed by atoms with Crippen LogP contribution in [0.4, 0.5) is 11.4 Å². The minimum Gasteiger partial charge on any atom is -0.372 e. The molecule has 0 radical (unpaired) electrons. The molecule has 0 saturated carbocycles. The Hall–Kier alpha value is -4.66. The average molecular weight is 523 g/mol. The molecule has 4 rings (SSSR count). The van der Waals surface area contributed by atoms with Gasteiger partial charge in [0, 0.05) is 43.1 Å². The normalized spacial score (nSPS) is 10.2. The largest absolute Gasteiger partial charge is 0.372 e. The van der Waals surface area contributed by atoms with Gasteiger partial charge in [-0.05, 0) is 109 Å². The minimum atomic E-state index is 0.905. The molecule has 0 aliphatic rings. The summed E-state index contributed by atoms with van der Waals surface area (Å²) in [5, 5.41) is 0. The van der Waals surface area contributed by atoms with E-state index in [9.17, 15) is 0 Å². The highest BCUT2D eigenvalue weighted by molar-refractivity contribution is 6.04. The maximum Gasteiger partial charge on any atom is 0.0366 e. The maximum absolute atomic E-state index is 5.36. The van der Waals surface area contributed by atoms with Gasteiger partial charge >= 0.3 is 0 Å². The SMILES string of the molecule is C#CC#Cc1ccc(C(=C(c2ccc(N(CC)CC)cc2)c2ccc(N(CC)CC)cc2)c2ccccc2)cc1. The van der Waals surface area contributed by atoms with Crippen LogP contribution in [0.5, 0.6) is 0 Å². The van der Waals surface area contributed by atoms with Gasteiger partial charge in [-0.15, -0.1) is 6.42 Å². The van der Waals surface area contributed by atoms with Crippen molar-refractivity contribution in [2.24, 2.45) is 0 Å². The van der Waals surface area contributed by atoms with E-state index < -0.39 is 0 Å². The molecule has 0 unspecified atom stereocenters. The van der Waals surface area contributed by atoms with E-state index in [2.05, 4.69) is 146 Å². The Bertz CT molecular complexity index is 1440. The predicted molar refractivity (Wildman–Crippen MR) is 174 cm³/mol. The summed E-state index contributed by atoms with van der Waals surface area (Å²) >= 11 is 0. The first-order valence-corrected chi connectivity index (χ1v) is 14.2. The Morgan fingerprint density at radius 3 is 1.27 bits per heavy atom. The number of nitrogens with zero attached hydrogens (tertiary/aromatic N) is 2. The third kappa shape index (κ3) is 6.48. The molecule has 0 saturated heterocycles. The lowest BCUT2D eigenvalue weighted by Gasteiger charge is -2.23. The van der Waals surface area contributed by atoms with Crippen molar-refractivity contribution in [3.05, 3.63) is 131 Å². The minimum absolute atomic E-state index is 0.905. The molecule has 0 heterocycles. The summed E-state index contributed by atoms with van der Waals surface area (Å²) in [7, 11) is 0. The van der Waals surface area contributed by atoms with Crippen LogP contribution in [0.25, 0.3) is 11.1 Å². The van der Waals surface area contributed by atoms with E-state index in [1.165, 1.54) is 39.2 Å². The van der Waals surface area contributed by atoms with Crippen LogP contribution < -0.4 is 9.80 Å². The molecule has 200 valence electrons. The van der Waals surface area contributed by atoms with E-state index in [-0.39, 0.29) is 0 Å². The Kier molecular flexibility index (Phi) is 9.88. The number of rotatable bonds is 10. The van der Waals surface area contributed by atoms with Gasteiger partial charge < -0.3 is 9.80 Å². The molecule has 4 aromatic carbocycles. The molecule has 0 aliphatic heterocycles. The monoisotopic (exact) mass is 522 g/mol. The molecule has 40 heavy (non-hydrogen) atoms. The number of benzene rings is 4. The third-order valence-corrected chi connectivity index (χ3v) is 7.33. The van der Waals surface area contributed by atoms with Gasteiger partial charge in [-0.3, -0.25) is 0 Å². The van der Waals surface area contributed by atoms with Crippen molar-refractivity contribution in [1.29, 1.82) is 0 Å². The van der Waals surface area contributed by atoms with E-state index >= 15 is 0 Å². The highest BCUT2D eigenvalue weighted by Crippen LogP contribution is 2.38. The first-order chi connectivity index (χ1) is 19.6. The number of hydrogen-bond acceptors (Lipinski definition) is 2. The number of terminal acetylenes is 1. The molecule has 0 amide bonds. The zero-order chi connectivity index (χ0) is 28.3. The van der Waals surface area contributed by atoms with E-state index in [4.69, 9.17) is 6.42 Å². The summed E-state index contributed by atoms with van der Waals surface area (Å²) in [4.78, 5) is 4.75. The fourth-order valence-electron chi connectivity index (χ4n) is 5.20. The Labute approximate surface area is 241 Å². The van der Waals surface area contributed by atoms with Crippen molar-refractivity contribution in [1.82, 2.24) is 0 Å². The van der Waals surface area contributed by atoms with Gasteiger partial charge in [0.1, 0.15) is 0 Å². The second kappa shape index (κ2) is 13.9. The Morgan fingerprint density at radius 2 is 0.900 bits per heavy atom. The van der Waals surface area contributed by atoms with Gasteiger partial charge in [-0.2, -0.15) is 0 Å². The molecule has 2 nitrogen and oxygen atoms in total. The van der Waals surface area contributed by atoms with Gasteiger partial charge in [0.05, 0.1) is 0 Å². The summed E-state index contributed by atoms with van der Waals surface area (Å²) in [6.07, 6.45) is 5.36. The summed E-state index contributed by atoms with van der Waals surface area (Å²) in [6.45, 7) is 12.7. The smallest absolute Gasteiger partial charge is 0.0366 e. The first-order valence-electron chi connectivity index (χ1n) is 14.2. The second-order valence-corrected chi connectivity index (χ2v) is 9.53. The van der Waals surface area contributed by atoms with E-state index in [1.807, 2.05) is 12.1 Å². The standard InChI is InChI=1S/C38H38N2/c1-6-11-15-30-18-20-32(21-19-30)37(31-16-13-12-14-17-31)38(33-22-26-35(27-23-33)39(7-2)8-3)34-24-28-36(29-25-34)40(9-4)10-5/h1,12-14,16-29H,7-10H2,2-5H3. The molecule has 0 fully saturated rings. The lowest BCUT2D eigenvalue weighted by Crippen LogP contribution is -2.21. The molecule has 0 N–H and O–H groups in total. The van der Waals surface area contributed by atoms with Crippen LogP contribution in [0.2, 0.25) is 0 Å². The number of hydrogen-bond donors (Lipinski definition) is 0. The summed E-state index contributed by atoms with van der Waals surface area (Å²) < 4.78 is 0. The van der Waals surface area contributed by atoms with Crippen LogP contribution >= 0.6 is 0 Å². The van der Waals surface area contributed by atoms with Crippen LogP contribution in [0.3, 0.4) is 0 Å². The Balaban J connectivity index is 1.98. The molecule has 4 aromatic rings. The van der Waals surface area contributed by atoms with Crippen LogP contribution in [0.15, 0.2) is 103 Å². The summed E-state index contributed by atoms with van der Waals surface area (Å²) in [6, 6.07) is 37.1. The lowest BCUT2D eigenvalue weighted by molar-refractivity contribution is 0.866. The van der Waals surface area contributed by atoms with Crippen LogP contribution in [-0.4, -0.2) is 26.2 Å². The first kappa shape index (κ1) is 28.4. The van der Waals surface area contributed by atoms with Gasteiger partial charge in [-0.25, -0.2) is 0 Å². The maximum atomic E-state index is 5.36. The molecule has 0 atom stereocenters. The summed E-state index contributed by atoms with van der Waals surface area (Å²) in [5.74, 6) is 8.17. The fourth-order valence-corrected chi connectivity index (χ4v) is 5.20. The van der Waals surface area contributed by atoms with Gasteiger partial charge in [0.25, 0.3) is 0 Å². The van der Waals surface area contributed by atoms with Crippen molar-refractivity contribution >= 4 is 22.5 Å². The molecular weight excluding hydrogens is 484 g/mol. The van der Waals surface area contributed by atoms with Crippen molar-refractivity contribution in [3.8, 4) is 24.2 Å². The van der Waals surface area contributed by atoms with Crippen LogP contribution in [0.1, 0.15) is 55.5 Å². The van der Waals surface area contributed by atoms with Crippen molar-refractivity contribution < 1.29 is 0 Å². The number of anilines is 2. The van der Waals surface area contributed by atoms with Gasteiger partial charge in [0.15, 0.2) is 0 Å². The zero-order valence-corrected chi connectivity index (χ0v) is 24.1. The van der Waals surface area contributed by atoms with Crippen LogP contribution in [-0.2, 0) is 0 Å². The second-order valence-electron chi connectivity index (χ2n) is 9.53. The topological polar surface area (TPSA) is 6.48 Å². The average Bonchev–Trinajstić information content (AvgIpc) is 3.02. The van der Waals surface area contributed by atoms with E-state index in [0.717, 1.165) is 37.3 Å². The highest BCUT2D eigenvalue weighted by Gasteiger charge is 2.17. The molecule has 0 bridgehead atoms.